The predicted octanol–water partition coefficient (Wildman–Crippen LogP) is 2.16. The van der Waals surface area contributed by atoms with Gasteiger partial charge >= 0.3 is 0 Å². The van der Waals surface area contributed by atoms with Gasteiger partial charge in [-0.1, -0.05) is 0 Å². The number of hydrogen-bond donors (Lipinski definition) is 1. The SMILES string of the molecule is CCn1cc(-c2ncc(N)cc2C)c(C)n1. The fraction of sp³-hybridized carbons (Fsp3) is 0.333. The standard InChI is InChI=1S/C12H16N4/c1-4-16-7-11(9(3)15-16)12-8(2)5-10(13)6-14-12/h5-7H,4,13H2,1-3H3. The molecule has 0 bridgehead atoms. The lowest BCUT2D eigenvalue weighted by atomic mass is 10.1. The van der Waals surface area contributed by atoms with Gasteiger partial charge in [0.25, 0.3) is 0 Å². The normalized spacial score (nSPS) is 10.7. The second-order valence-corrected chi connectivity index (χ2v) is 3.92. The van der Waals surface area contributed by atoms with Crippen LogP contribution < -0.4 is 5.73 Å². The van der Waals surface area contributed by atoms with E-state index in [0.717, 1.165) is 29.1 Å². The molecule has 0 unspecified atom stereocenters. The summed E-state index contributed by atoms with van der Waals surface area (Å²) in [6, 6.07) is 1.94. The Hall–Kier alpha value is -1.84. The van der Waals surface area contributed by atoms with E-state index < -0.39 is 0 Å². The number of hydrogen-bond acceptors (Lipinski definition) is 3. The average Bonchev–Trinajstić information content (AvgIpc) is 2.60. The Morgan fingerprint density at radius 2 is 2.12 bits per heavy atom. The Bertz CT molecular complexity index is 514. The first kappa shape index (κ1) is 10.7. The first-order chi connectivity index (χ1) is 7.61. The Kier molecular flexibility index (Phi) is 2.64. The molecule has 0 aliphatic heterocycles. The fourth-order valence-electron chi connectivity index (χ4n) is 1.79. The van der Waals surface area contributed by atoms with E-state index in [1.165, 1.54) is 0 Å². The van der Waals surface area contributed by atoms with Crippen molar-refractivity contribution in [3.8, 4) is 11.3 Å². The van der Waals surface area contributed by atoms with Crippen molar-refractivity contribution in [1.29, 1.82) is 0 Å². The van der Waals surface area contributed by atoms with Crippen molar-refractivity contribution < 1.29 is 0 Å². The fourth-order valence-corrected chi connectivity index (χ4v) is 1.79. The summed E-state index contributed by atoms with van der Waals surface area (Å²) in [4.78, 5) is 4.38. The van der Waals surface area contributed by atoms with Gasteiger partial charge in [0, 0.05) is 18.3 Å². The molecule has 0 aromatic carbocycles. The van der Waals surface area contributed by atoms with Gasteiger partial charge in [-0.05, 0) is 32.4 Å². The van der Waals surface area contributed by atoms with Crippen LogP contribution in [0.2, 0.25) is 0 Å². The number of nitrogen functional groups attached to an aromatic ring is 1. The maximum atomic E-state index is 5.69. The van der Waals surface area contributed by atoms with Gasteiger partial charge in [-0.15, -0.1) is 0 Å². The van der Waals surface area contributed by atoms with Crippen LogP contribution in [0.15, 0.2) is 18.5 Å². The molecule has 0 saturated carbocycles. The van der Waals surface area contributed by atoms with E-state index in [9.17, 15) is 0 Å². The molecule has 4 nitrogen and oxygen atoms in total. The molecule has 4 heteroatoms. The van der Waals surface area contributed by atoms with Crippen molar-refractivity contribution in [1.82, 2.24) is 14.8 Å². The third-order valence-corrected chi connectivity index (χ3v) is 2.62. The van der Waals surface area contributed by atoms with Crippen LogP contribution in [0.1, 0.15) is 18.2 Å². The zero-order valence-corrected chi connectivity index (χ0v) is 9.86. The second-order valence-electron chi connectivity index (χ2n) is 3.92. The van der Waals surface area contributed by atoms with Crippen LogP contribution in [0.4, 0.5) is 5.69 Å². The molecule has 2 rings (SSSR count). The van der Waals surface area contributed by atoms with Crippen LogP contribution in [0.3, 0.4) is 0 Å². The molecule has 2 heterocycles. The smallest absolute Gasteiger partial charge is 0.0767 e. The van der Waals surface area contributed by atoms with Gasteiger partial charge in [-0.25, -0.2) is 0 Å². The molecule has 0 radical (unpaired) electrons. The lowest BCUT2D eigenvalue weighted by molar-refractivity contribution is 0.653. The summed E-state index contributed by atoms with van der Waals surface area (Å²) < 4.78 is 1.92. The second kappa shape index (κ2) is 3.96. The van der Waals surface area contributed by atoms with Gasteiger partial charge in [0.15, 0.2) is 0 Å². The maximum absolute atomic E-state index is 5.69. The number of pyridine rings is 1. The Balaban J connectivity index is 2.53. The largest absolute Gasteiger partial charge is 0.397 e. The van der Waals surface area contributed by atoms with E-state index in [2.05, 4.69) is 17.0 Å². The summed E-state index contributed by atoms with van der Waals surface area (Å²) in [6.07, 6.45) is 3.71. The molecule has 84 valence electrons. The highest BCUT2D eigenvalue weighted by atomic mass is 15.3. The summed E-state index contributed by atoms with van der Waals surface area (Å²) in [5, 5.41) is 4.41. The van der Waals surface area contributed by atoms with E-state index in [0.29, 0.717) is 5.69 Å². The highest BCUT2D eigenvalue weighted by Crippen LogP contribution is 2.24. The Morgan fingerprint density at radius 1 is 1.38 bits per heavy atom. The topological polar surface area (TPSA) is 56.7 Å². The molecule has 0 amide bonds. The van der Waals surface area contributed by atoms with Crippen molar-refractivity contribution in [3.05, 3.63) is 29.7 Å². The van der Waals surface area contributed by atoms with Gasteiger partial charge in [0.05, 0.1) is 23.3 Å². The van der Waals surface area contributed by atoms with Gasteiger partial charge in [-0.2, -0.15) is 5.10 Å². The Morgan fingerprint density at radius 3 is 2.69 bits per heavy atom. The number of nitrogens with zero attached hydrogens (tertiary/aromatic N) is 3. The lowest BCUT2D eigenvalue weighted by Crippen LogP contribution is -1.93. The summed E-state index contributed by atoms with van der Waals surface area (Å²) in [6.45, 7) is 6.95. The van der Waals surface area contributed by atoms with E-state index in [4.69, 9.17) is 5.73 Å². The number of rotatable bonds is 2. The van der Waals surface area contributed by atoms with Gasteiger partial charge < -0.3 is 5.73 Å². The van der Waals surface area contributed by atoms with E-state index in [1.807, 2.05) is 30.8 Å². The molecule has 0 aliphatic rings. The van der Waals surface area contributed by atoms with Gasteiger partial charge in [0.2, 0.25) is 0 Å². The highest BCUT2D eigenvalue weighted by Gasteiger charge is 2.10. The maximum Gasteiger partial charge on any atom is 0.0767 e. The van der Waals surface area contributed by atoms with E-state index in [1.54, 1.807) is 6.20 Å². The zero-order chi connectivity index (χ0) is 11.7. The summed E-state index contributed by atoms with van der Waals surface area (Å²) in [5.74, 6) is 0. The minimum absolute atomic E-state index is 0.696. The zero-order valence-electron chi connectivity index (χ0n) is 9.86. The average molecular weight is 216 g/mol. The van der Waals surface area contributed by atoms with Gasteiger partial charge in [0.1, 0.15) is 0 Å². The molecular weight excluding hydrogens is 200 g/mol. The molecule has 16 heavy (non-hydrogen) atoms. The number of aryl methyl sites for hydroxylation is 3. The molecular formula is C12H16N4. The minimum Gasteiger partial charge on any atom is -0.397 e. The van der Waals surface area contributed by atoms with Crippen LogP contribution in [-0.4, -0.2) is 14.8 Å². The van der Waals surface area contributed by atoms with Crippen LogP contribution >= 0.6 is 0 Å². The van der Waals surface area contributed by atoms with Crippen molar-refractivity contribution in [2.45, 2.75) is 27.3 Å². The van der Waals surface area contributed by atoms with Crippen molar-refractivity contribution in [2.24, 2.45) is 0 Å². The predicted molar refractivity (Wildman–Crippen MR) is 65.0 cm³/mol. The van der Waals surface area contributed by atoms with Crippen molar-refractivity contribution in [2.75, 3.05) is 5.73 Å². The van der Waals surface area contributed by atoms with Crippen LogP contribution in [0.25, 0.3) is 11.3 Å². The van der Waals surface area contributed by atoms with E-state index in [-0.39, 0.29) is 0 Å². The molecule has 0 spiro atoms. The first-order valence-electron chi connectivity index (χ1n) is 5.38. The van der Waals surface area contributed by atoms with Gasteiger partial charge in [-0.3, -0.25) is 9.67 Å². The summed E-state index contributed by atoms with van der Waals surface area (Å²) >= 11 is 0. The molecule has 2 N–H and O–H groups in total. The molecule has 0 aliphatic carbocycles. The summed E-state index contributed by atoms with van der Waals surface area (Å²) in [5.41, 5.74) is 10.5. The number of aromatic nitrogens is 3. The summed E-state index contributed by atoms with van der Waals surface area (Å²) in [7, 11) is 0. The Labute approximate surface area is 95.1 Å². The monoisotopic (exact) mass is 216 g/mol. The number of anilines is 1. The van der Waals surface area contributed by atoms with Crippen molar-refractivity contribution >= 4 is 5.69 Å². The van der Waals surface area contributed by atoms with Crippen LogP contribution in [0.5, 0.6) is 0 Å². The molecule has 0 fully saturated rings. The first-order valence-corrected chi connectivity index (χ1v) is 5.38. The third kappa shape index (κ3) is 1.78. The molecule has 2 aromatic heterocycles. The molecule has 0 saturated heterocycles. The number of nitrogens with two attached hydrogens (primary N) is 1. The van der Waals surface area contributed by atoms with Crippen LogP contribution in [-0.2, 0) is 6.54 Å². The molecule has 0 atom stereocenters. The quantitative estimate of drug-likeness (QED) is 0.837. The molecule has 2 aromatic rings. The highest BCUT2D eigenvalue weighted by molar-refractivity contribution is 5.66. The lowest BCUT2D eigenvalue weighted by Gasteiger charge is -2.03. The van der Waals surface area contributed by atoms with E-state index >= 15 is 0 Å². The van der Waals surface area contributed by atoms with Crippen molar-refractivity contribution in [3.63, 3.8) is 0 Å². The minimum atomic E-state index is 0.696. The third-order valence-electron chi connectivity index (χ3n) is 2.62. The van der Waals surface area contributed by atoms with Crippen LogP contribution in [0, 0.1) is 13.8 Å².